The van der Waals surface area contributed by atoms with E-state index in [1.54, 1.807) is 7.11 Å². The highest BCUT2D eigenvalue weighted by molar-refractivity contribution is 5.64. The van der Waals surface area contributed by atoms with Crippen LogP contribution in [0.25, 0.3) is 0 Å². The van der Waals surface area contributed by atoms with Crippen LogP contribution < -0.4 is 10.6 Å². The van der Waals surface area contributed by atoms with Crippen LogP contribution in [-0.4, -0.2) is 57.8 Å². The Kier molecular flexibility index (Phi) is 11.1. The molecule has 6 nitrogen and oxygen atoms in total. The van der Waals surface area contributed by atoms with Crippen molar-refractivity contribution in [3.05, 3.63) is 12.2 Å². The van der Waals surface area contributed by atoms with E-state index in [0.29, 0.717) is 26.4 Å². The Bertz CT molecular complexity index is 197. The van der Waals surface area contributed by atoms with E-state index in [2.05, 4.69) is 10.6 Å². The average Bonchev–Trinajstić information content (AvgIpc) is 2.25. The van der Waals surface area contributed by atoms with E-state index in [4.69, 9.17) is 14.6 Å². The first-order valence-corrected chi connectivity index (χ1v) is 5.16. The molecule has 0 aliphatic carbocycles. The zero-order valence-corrected chi connectivity index (χ0v) is 9.57. The number of hydrogen-bond donors (Lipinski definition) is 3. The zero-order chi connectivity index (χ0) is 12.1. The predicted molar refractivity (Wildman–Crippen MR) is 60.7 cm³/mol. The highest BCUT2D eigenvalue weighted by atomic mass is 16.5. The molecule has 1 amide bonds. The fraction of sp³-hybridized carbons (Fsp3) is 0.700. The molecule has 0 aliphatic heterocycles. The van der Waals surface area contributed by atoms with Gasteiger partial charge in [0.1, 0.15) is 0 Å². The van der Waals surface area contributed by atoms with Gasteiger partial charge in [-0.2, -0.15) is 0 Å². The van der Waals surface area contributed by atoms with Crippen LogP contribution >= 0.6 is 0 Å². The standard InChI is InChI=1S/C10H20N2O4/c1-15-7-3-2-4-11-5-8-16-9-6-12-10(13)14/h2-3,11-12H,4-9H2,1H3,(H,13,14)/b3-2+. The molecular weight excluding hydrogens is 212 g/mol. The monoisotopic (exact) mass is 232 g/mol. The molecule has 0 atom stereocenters. The summed E-state index contributed by atoms with van der Waals surface area (Å²) >= 11 is 0. The molecule has 0 unspecified atom stereocenters. The summed E-state index contributed by atoms with van der Waals surface area (Å²) in [5.41, 5.74) is 0. The fourth-order valence-corrected chi connectivity index (χ4v) is 0.910. The summed E-state index contributed by atoms with van der Waals surface area (Å²) in [6, 6.07) is 0. The summed E-state index contributed by atoms with van der Waals surface area (Å²) < 4.78 is 10.0. The molecule has 0 aliphatic rings. The summed E-state index contributed by atoms with van der Waals surface area (Å²) in [5, 5.41) is 13.6. The zero-order valence-electron chi connectivity index (χ0n) is 9.57. The Labute approximate surface area is 95.6 Å². The summed E-state index contributed by atoms with van der Waals surface area (Å²) in [6.45, 7) is 3.43. The molecule has 0 aromatic heterocycles. The first-order valence-electron chi connectivity index (χ1n) is 5.16. The number of ether oxygens (including phenoxy) is 2. The van der Waals surface area contributed by atoms with Crippen LogP contribution in [0.2, 0.25) is 0 Å². The van der Waals surface area contributed by atoms with Gasteiger partial charge in [-0.1, -0.05) is 12.2 Å². The SMILES string of the molecule is COC/C=C/CNCCOCCNC(=O)O. The van der Waals surface area contributed by atoms with Gasteiger partial charge in [0.25, 0.3) is 0 Å². The molecule has 0 radical (unpaired) electrons. The second-order valence-corrected chi connectivity index (χ2v) is 2.98. The molecule has 0 saturated carbocycles. The van der Waals surface area contributed by atoms with Gasteiger partial charge in [-0.15, -0.1) is 0 Å². The summed E-state index contributed by atoms with van der Waals surface area (Å²) in [7, 11) is 1.65. The van der Waals surface area contributed by atoms with Crippen molar-refractivity contribution >= 4 is 6.09 Å². The van der Waals surface area contributed by atoms with Gasteiger partial charge in [-0.05, 0) is 0 Å². The minimum Gasteiger partial charge on any atom is -0.465 e. The van der Waals surface area contributed by atoms with E-state index < -0.39 is 6.09 Å². The van der Waals surface area contributed by atoms with Gasteiger partial charge in [0.2, 0.25) is 0 Å². The van der Waals surface area contributed by atoms with Crippen molar-refractivity contribution in [1.29, 1.82) is 0 Å². The number of rotatable bonds is 10. The van der Waals surface area contributed by atoms with Crippen LogP contribution in [0.5, 0.6) is 0 Å². The Morgan fingerprint density at radius 3 is 2.75 bits per heavy atom. The highest BCUT2D eigenvalue weighted by Gasteiger charge is 1.92. The molecule has 0 heterocycles. The average molecular weight is 232 g/mol. The summed E-state index contributed by atoms with van der Waals surface area (Å²) in [4.78, 5) is 10.1. The van der Waals surface area contributed by atoms with Gasteiger partial charge < -0.3 is 25.2 Å². The van der Waals surface area contributed by atoms with E-state index in [0.717, 1.165) is 13.1 Å². The maximum Gasteiger partial charge on any atom is 0.404 e. The van der Waals surface area contributed by atoms with Gasteiger partial charge in [-0.3, -0.25) is 0 Å². The van der Waals surface area contributed by atoms with Gasteiger partial charge in [0.05, 0.1) is 19.8 Å². The predicted octanol–water partition coefficient (Wildman–Crippen LogP) is 0.0628. The number of nitrogens with one attached hydrogen (secondary N) is 2. The Morgan fingerprint density at radius 2 is 2.06 bits per heavy atom. The van der Waals surface area contributed by atoms with Gasteiger partial charge in [0.15, 0.2) is 0 Å². The molecule has 0 spiro atoms. The van der Waals surface area contributed by atoms with Crippen molar-refractivity contribution in [2.75, 3.05) is 46.6 Å². The van der Waals surface area contributed by atoms with E-state index >= 15 is 0 Å². The van der Waals surface area contributed by atoms with Crippen molar-refractivity contribution in [2.24, 2.45) is 0 Å². The molecular formula is C10H20N2O4. The number of methoxy groups -OCH3 is 1. The normalized spacial score (nSPS) is 10.8. The van der Waals surface area contributed by atoms with E-state index in [1.165, 1.54) is 0 Å². The van der Waals surface area contributed by atoms with Crippen LogP contribution in [0.3, 0.4) is 0 Å². The minimum absolute atomic E-state index is 0.322. The van der Waals surface area contributed by atoms with Gasteiger partial charge >= 0.3 is 6.09 Å². The van der Waals surface area contributed by atoms with Gasteiger partial charge in [-0.25, -0.2) is 4.79 Å². The lowest BCUT2D eigenvalue weighted by Gasteiger charge is -2.04. The quantitative estimate of drug-likeness (QED) is 0.367. The van der Waals surface area contributed by atoms with Crippen molar-refractivity contribution < 1.29 is 19.4 Å². The van der Waals surface area contributed by atoms with E-state index in [-0.39, 0.29) is 0 Å². The molecule has 0 fully saturated rings. The summed E-state index contributed by atoms with van der Waals surface area (Å²) in [5.74, 6) is 0. The van der Waals surface area contributed by atoms with Crippen molar-refractivity contribution in [3.63, 3.8) is 0 Å². The smallest absolute Gasteiger partial charge is 0.404 e. The minimum atomic E-state index is -1.02. The second-order valence-electron chi connectivity index (χ2n) is 2.98. The van der Waals surface area contributed by atoms with Crippen LogP contribution in [0, 0.1) is 0 Å². The molecule has 3 N–H and O–H groups in total. The highest BCUT2D eigenvalue weighted by Crippen LogP contribution is 1.75. The Morgan fingerprint density at radius 1 is 1.31 bits per heavy atom. The van der Waals surface area contributed by atoms with Crippen molar-refractivity contribution in [1.82, 2.24) is 10.6 Å². The topological polar surface area (TPSA) is 79.8 Å². The van der Waals surface area contributed by atoms with Crippen LogP contribution in [0.4, 0.5) is 4.79 Å². The van der Waals surface area contributed by atoms with E-state index in [1.807, 2.05) is 12.2 Å². The molecule has 0 rings (SSSR count). The molecule has 16 heavy (non-hydrogen) atoms. The third kappa shape index (κ3) is 12.9. The number of hydrogen-bond acceptors (Lipinski definition) is 4. The maximum atomic E-state index is 10.1. The van der Waals surface area contributed by atoms with Gasteiger partial charge in [0, 0.05) is 26.7 Å². The third-order valence-corrected chi connectivity index (χ3v) is 1.64. The molecule has 0 saturated heterocycles. The molecule has 0 aromatic carbocycles. The van der Waals surface area contributed by atoms with Crippen LogP contribution in [0.15, 0.2) is 12.2 Å². The van der Waals surface area contributed by atoms with Crippen molar-refractivity contribution in [2.45, 2.75) is 0 Å². The third-order valence-electron chi connectivity index (χ3n) is 1.64. The van der Waals surface area contributed by atoms with E-state index in [9.17, 15) is 4.79 Å². The molecule has 94 valence electrons. The summed E-state index contributed by atoms with van der Waals surface area (Å²) in [6.07, 6.45) is 2.89. The molecule has 0 bridgehead atoms. The molecule has 0 aromatic rings. The van der Waals surface area contributed by atoms with Crippen LogP contribution in [0.1, 0.15) is 0 Å². The lowest BCUT2D eigenvalue weighted by molar-refractivity contribution is 0.134. The largest absolute Gasteiger partial charge is 0.465 e. The maximum absolute atomic E-state index is 10.1. The molecule has 6 heteroatoms. The number of carboxylic acid groups (broad SMARTS) is 1. The van der Waals surface area contributed by atoms with Crippen LogP contribution in [-0.2, 0) is 9.47 Å². The first-order chi connectivity index (χ1) is 7.77. The number of carbonyl (C=O) groups is 1. The number of amides is 1. The lowest BCUT2D eigenvalue weighted by atomic mass is 10.5. The Hall–Kier alpha value is -1.11. The first kappa shape index (κ1) is 14.9. The fourth-order valence-electron chi connectivity index (χ4n) is 0.910. The lowest BCUT2D eigenvalue weighted by Crippen LogP contribution is -2.27. The Balaban J connectivity index is 3.01. The second kappa shape index (κ2) is 12.0. The van der Waals surface area contributed by atoms with Crippen molar-refractivity contribution in [3.8, 4) is 0 Å².